The summed E-state index contributed by atoms with van der Waals surface area (Å²) in [5.41, 5.74) is 1.42. The SMILES string of the molecule is O=C(OCc1ccno1)c1ccc(N2C(=O)c3ccccc3C2=O)cc1. The van der Waals surface area contributed by atoms with E-state index >= 15 is 0 Å². The minimum Gasteiger partial charge on any atom is -0.454 e. The Bertz CT molecular complexity index is 958. The molecule has 0 saturated carbocycles. The molecule has 1 aromatic heterocycles. The number of carbonyl (C=O) groups is 3. The molecule has 0 fully saturated rings. The lowest BCUT2D eigenvalue weighted by Gasteiger charge is -2.14. The Balaban J connectivity index is 1.51. The molecule has 0 radical (unpaired) electrons. The number of anilines is 1. The highest BCUT2D eigenvalue weighted by Crippen LogP contribution is 2.28. The Morgan fingerprint density at radius 1 is 0.962 bits per heavy atom. The molecule has 1 aliphatic heterocycles. The number of ether oxygens (including phenoxy) is 1. The van der Waals surface area contributed by atoms with E-state index in [4.69, 9.17) is 9.26 Å². The van der Waals surface area contributed by atoms with Crippen LogP contribution < -0.4 is 4.90 Å². The highest BCUT2D eigenvalue weighted by atomic mass is 16.5. The second kappa shape index (κ2) is 6.29. The maximum Gasteiger partial charge on any atom is 0.338 e. The number of amides is 2. The van der Waals surface area contributed by atoms with Crippen LogP contribution in [0.5, 0.6) is 0 Å². The van der Waals surface area contributed by atoms with E-state index in [0.717, 1.165) is 4.90 Å². The van der Waals surface area contributed by atoms with Crippen molar-refractivity contribution in [3.05, 3.63) is 83.2 Å². The molecule has 26 heavy (non-hydrogen) atoms. The maximum atomic E-state index is 12.5. The molecule has 7 nitrogen and oxygen atoms in total. The number of aromatic nitrogens is 1. The van der Waals surface area contributed by atoms with E-state index in [-0.39, 0.29) is 18.4 Å². The van der Waals surface area contributed by atoms with Crippen LogP contribution >= 0.6 is 0 Å². The molecule has 128 valence electrons. The van der Waals surface area contributed by atoms with Crippen LogP contribution in [0.2, 0.25) is 0 Å². The number of rotatable bonds is 4. The summed E-state index contributed by atoms with van der Waals surface area (Å²) < 4.78 is 9.96. The van der Waals surface area contributed by atoms with Crippen molar-refractivity contribution in [1.82, 2.24) is 5.16 Å². The van der Waals surface area contributed by atoms with Crippen molar-refractivity contribution in [2.45, 2.75) is 6.61 Å². The van der Waals surface area contributed by atoms with Crippen molar-refractivity contribution in [2.75, 3.05) is 4.90 Å². The highest BCUT2D eigenvalue weighted by Gasteiger charge is 2.36. The van der Waals surface area contributed by atoms with Crippen molar-refractivity contribution in [3.8, 4) is 0 Å². The number of fused-ring (bicyclic) bond motifs is 1. The third kappa shape index (κ3) is 2.65. The fourth-order valence-corrected chi connectivity index (χ4v) is 2.71. The summed E-state index contributed by atoms with van der Waals surface area (Å²) in [6, 6.07) is 14.3. The first kappa shape index (κ1) is 15.8. The van der Waals surface area contributed by atoms with Crippen molar-refractivity contribution in [1.29, 1.82) is 0 Å². The minimum atomic E-state index is -0.546. The number of nitrogens with zero attached hydrogens (tertiary/aromatic N) is 2. The number of esters is 1. The van der Waals surface area contributed by atoms with Gasteiger partial charge >= 0.3 is 5.97 Å². The maximum absolute atomic E-state index is 12.5. The van der Waals surface area contributed by atoms with Crippen molar-refractivity contribution in [3.63, 3.8) is 0 Å². The van der Waals surface area contributed by atoms with Crippen LogP contribution in [0.25, 0.3) is 0 Å². The Hall–Kier alpha value is -3.74. The van der Waals surface area contributed by atoms with Crippen LogP contribution in [0.4, 0.5) is 5.69 Å². The predicted octanol–water partition coefficient (Wildman–Crippen LogP) is 2.83. The summed E-state index contributed by atoms with van der Waals surface area (Å²) in [7, 11) is 0. The first-order valence-corrected chi connectivity index (χ1v) is 7.80. The topological polar surface area (TPSA) is 89.7 Å². The zero-order valence-corrected chi connectivity index (χ0v) is 13.4. The first-order valence-electron chi connectivity index (χ1n) is 7.80. The monoisotopic (exact) mass is 348 g/mol. The molecule has 7 heteroatoms. The molecular weight excluding hydrogens is 336 g/mol. The van der Waals surface area contributed by atoms with Gasteiger partial charge in [0.1, 0.15) is 0 Å². The second-order valence-corrected chi connectivity index (χ2v) is 5.59. The Kier molecular flexibility index (Phi) is 3.81. The van der Waals surface area contributed by atoms with Gasteiger partial charge in [0.25, 0.3) is 11.8 Å². The van der Waals surface area contributed by atoms with Gasteiger partial charge in [0.05, 0.1) is 28.6 Å². The molecule has 3 aromatic rings. The highest BCUT2D eigenvalue weighted by molar-refractivity contribution is 6.34. The summed E-state index contributed by atoms with van der Waals surface area (Å²) in [4.78, 5) is 38.1. The minimum absolute atomic E-state index is 0.0288. The van der Waals surface area contributed by atoms with Gasteiger partial charge in [-0.05, 0) is 36.4 Å². The van der Waals surface area contributed by atoms with E-state index in [2.05, 4.69) is 5.16 Å². The van der Waals surface area contributed by atoms with E-state index < -0.39 is 5.97 Å². The summed E-state index contributed by atoms with van der Waals surface area (Å²) in [5, 5.41) is 3.52. The molecule has 0 atom stereocenters. The molecule has 0 aliphatic carbocycles. The number of benzene rings is 2. The molecule has 0 spiro atoms. The fourth-order valence-electron chi connectivity index (χ4n) is 2.71. The van der Waals surface area contributed by atoms with Gasteiger partial charge in [0.15, 0.2) is 12.4 Å². The molecule has 2 amide bonds. The van der Waals surface area contributed by atoms with Crippen LogP contribution in [-0.2, 0) is 11.3 Å². The van der Waals surface area contributed by atoms with Gasteiger partial charge in [0, 0.05) is 6.07 Å². The van der Waals surface area contributed by atoms with Gasteiger partial charge in [-0.25, -0.2) is 9.69 Å². The van der Waals surface area contributed by atoms with Gasteiger partial charge in [-0.3, -0.25) is 9.59 Å². The van der Waals surface area contributed by atoms with Crippen LogP contribution in [0.3, 0.4) is 0 Å². The standard InChI is InChI=1S/C19H12N2O5/c22-17-15-3-1-2-4-16(15)18(23)21(17)13-7-5-12(6-8-13)19(24)25-11-14-9-10-20-26-14/h1-10H,11H2. The zero-order chi connectivity index (χ0) is 18.1. The van der Waals surface area contributed by atoms with Gasteiger partial charge in [-0.2, -0.15) is 0 Å². The summed E-state index contributed by atoms with van der Waals surface area (Å²) in [6.45, 7) is -0.0288. The van der Waals surface area contributed by atoms with Crippen LogP contribution in [0, 0.1) is 0 Å². The van der Waals surface area contributed by atoms with Gasteiger partial charge < -0.3 is 9.26 Å². The Morgan fingerprint density at radius 2 is 1.62 bits per heavy atom. The van der Waals surface area contributed by atoms with Crippen LogP contribution in [-0.4, -0.2) is 22.9 Å². The third-order valence-corrected chi connectivity index (χ3v) is 3.99. The largest absolute Gasteiger partial charge is 0.454 e. The normalized spacial score (nSPS) is 13.0. The average molecular weight is 348 g/mol. The lowest BCUT2D eigenvalue weighted by atomic mass is 10.1. The van der Waals surface area contributed by atoms with Gasteiger partial charge in [-0.15, -0.1) is 0 Å². The van der Waals surface area contributed by atoms with E-state index in [9.17, 15) is 14.4 Å². The molecule has 2 heterocycles. The number of imide groups is 1. The lowest BCUT2D eigenvalue weighted by molar-refractivity contribution is 0.0437. The molecule has 0 N–H and O–H groups in total. The average Bonchev–Trinajstić information content (AvgIpc) is 3.28. The second-order valence-electron chi connectivity index (χ2n) is 5.59. The summed E-state index contributed by atoms with van der Waals surface area (Å²) >= 11 is 0. The fraction of sp³-hybridized carbons (Fsp3) is 0.0526. The number of carbonyl (C=O) groups excluding carboxylic acids is 3. The van der Waals surface area contributed by atoms with E-state index in [0.29, 0.717) is 28.1 Å². The summed E-state index contributed by atoms with van der Waals surface area (Å²) in [5.74, 6) is -0.881. The smallest absolute Gasteiger partial charge is 0.338 e. The zero-order valence-electron chi connectivity index (χ0n) is 13.4. The van der Waals surface area contributed by atoms with Crippen molar-refractivity contribution in [2.24, 2.45) is 0 Å². The molecule has 0 saturated heterocycles. The lowest BCUT2D eigenvalue weighted by Crippen LogP contribution is -2.29. The molecular formula is C19H12N2O5. The molecule has 4 rings (SSSR count). The van der Waals surface area contributed by atoms with Gasteiger partial charge in [-0.1, -0.05) is 17.3 Å². The number of hydrogen-bond acceptors (Lipinski definition) is 6. The molecule has 0 bridgehead atoms. The first-order chi connectivity index (χ1) is 12.6. The van der Waals surface area contributed by atoms with E-state index in [1.165, 1.54) is 30.5 Å². The van der Waals surface area contributed by atoms with Gasteiger partial charge in [0.2, 0.25) is 0 Å². The molecule has 1 aliphatic rings. The van der Waals surface area contributed by atoms with Crippen molar-refractivity contribution >= 4 is 23.5 Å². The Morgan fingerprint density at radius 3 is 2.19 bits per heavy atom. The summed E-state index contributed by atoms with van der Waals surface area (Å²) in [6.07, 6.45) is 1.46. The van der Waals surface area contributed by atoms with Crippen molar-refractivity contribution < 1.29 is 23.6 Å². The number of hydrogen-bond donors (Lipinski definition) is 0. The van der Waals surface area contributed by atoms with Crippen LogP contribution in [0.1, 0.15) is 36.8 Å². The third-order valence-electron chi connectivity index (χ3n) is 3.99. The van der Waals surface area contributed by atoms with E-state index in [1.807, 2.05) is 0 Å². The molecule has 2 aromatic carbocycles. The van der Waals surface area contributed by atoms with Crippen LogP contribution in [0.15, 0.2) is 65.3 Å². The Labute approximate surface area is 147 Å². The quantitative estimate of drug-likeness (QED) is 0.532. The molecule has 0 unspecified atom stereocenters. The van der Waals surface area contributed by atoms with E-state index in [1.54, 1.807) is 30.3 Å². The predicted molar refractivity (Wildman–Crippen MR) is 89.6 cm³/mol.